The van der Waals surface area contributed by atoms with E-state index in [0.29, 0.717) is 5.02 Å². The van der Waals surface area contributed by atoms with E-state index in [9.17, 15) is 19.5 Å². The van der Waals surface area contributed by atoms with Crippen LogP contribution in [-0.2, 0) is 0 Å². The van der Waals surface area contributed by atoms with Gasteiger partial charge in [0, 0.05) is 5.02 Å². The van der Waals surface area contributed by atoms with Gasteiger partial charge in [-0.1, -0.05) is 35.3 Å². The third-order valence-corrected chi connectivity index (χ3v) is 4.56. The number of benzene rings is 2. The fourth-order valence-electron chi connectivity index (χ4n) is 2.58. The summed E-state index contributed by atoms with van der Waals surface area (Å²) in [5.74, 6) is -1.23. The van der Waals surface area contributed by atoms with E-state index in [2.05, 4.69) is 15.5 Å². The van der Waals surface area contributed by atoms with E-state index in [1.165, 1.54) is 37.3 Å². The summed E-state index contributed by atoms with van der Waals surface area (Å²) in [5.41, 5.74) is 0.742. The fraction of sp³-hybridized carbons (Fsp3) is 0.0526. The third kappa shape index (κ3) is 4.23. The van der Waals surface area contributed by atoms with Gasteiger partial charge in [0.15, 0.2) is 0 Å². The molecule has 1 aromatic heterocycles. The van der Waals surface area contributed by atoms with Gasteiger partial charge in [0.25, 0.3) is 11.5 Å². The Morgan fingerprint density at radius 2 is 1.76 bits per heavy atom. The first-order valence-corrected chi connectivity index (χ1v) is 8.99. The number of H-pyrrole nitrogens is 1. The normalized spacial score (nSPS) is 11.3. The van der Waals surface area contributed by atoms with E-state index >= 15 is 0 Å². The SMILES string of the molecule is C/C(=N/NC(=O)c1ccccc1Cl)c1c(O)n(-c2ccc(Cl)cc2)c(=O)[nH]c1=O. The molecule has 0 unspecified atom stereocenters. The highest BCUT2D eigenvalue weighted by Crippen LogP contribution is 2.19. The van der Waals surface area contributed by atoms with Crippen LogP contribution in [0.1, 0.15) is 22.8 Å². The second-order valence-electron chi connectivity index (χ2n) is 5.89. The third-order valence-electron chi connectivity index (χ3n) is 3.98. The molecule has 3 aromatic rings. The summed E-state index contributed by atoms with van der Waals surface area (Å²) in [6.45, 7) is 1.40. The number of aromatic nitrogens is 2. The lowest BCUT2D eigenvalue weighted by Gasteiger charge is -2.11. The number of carbonyl (C=O) groups excluding carboxylic acids is 1. The van der Waals surface area contributed by atoms with Crippen molar-refractivity contribution in [3.8, 4) is 11.6 Å². The Balaban J connectivity index is 2.01. The van der Waals surface area contributed by atoms with Crippen molar-refractivity contribution >= 4 is 34.8 Å². The molecule has 8 nitrogen and oxygen atoms in total. The van der Waals surface area contributed by atoms with Gasteiger partial charge in [0.05, 0.1) is 22.0 Å². The molecule has 0 atom stereocenters. The number of carbonyl (C=O) groups is 1. The maximum absolute atomic E-state index is 12.2. The Kier molecular flexibility index (Phi) is 5.86. The van der Waals surface area contributed by atoms with Crippen LogP contribution in [0.2, 0.25) is 10.0 Å². The van der Waals surface area contributed by atoms with E-state index in [4.69, 9.17) is 23.2 Å². The Morgan fingerprint density at radius 1 is 1.10 bits per heavy atom. The number of hydrazone groups is 1. The minimum absolute atomic E-state index is 0.0214. The summed E-state index contributed by atoms with van der Waals surface area (Å²) in [6, 6.07) is 12.4. The molecule has 10 heteroatoms. The van der Waals surface area contributed by atoms with Crippen molar-refractivity contribution in [3.05, 3.63) is 90.5 Å². The lowest BCUT2D eigenvalue weighted by Crippen LogP contribution is -2.33. The summed E-state index contributed by atoms with van der Waals surface area (Å²) in [6.07, 6.45) is 0. The fourth-order valence-corrected chi connectivity index (χ4v) is 2.92. The van der Waals surface area contributed by atoms with Crippen LogP contribution in [0.3, 0.4) is 0 Å². The van der Waals surface area contributed by atoms with E-state index in [1.807, 2.05) is 0 Å². The molecule has 1 heterocycles. The number of halogens is 2. The number of aromatic hydroxyl groups is 1. The van der Waals surface area contributed by atoms with Crippen LogP contribution in [0.5, 0.6) is 5.88 Å². The Morgan fingerprint density at radius 3 is 2.41 bits per heavy atom. The Bertz CT molecular complexity index is 1230. The van der Waals surface area contributed by atoms with E-state index in [0.717, 1.165) is 4.57 Å². The van der Waals surface area contributed by atoms with Crippen LogP contribution in [0.25, 0.3) is 5.69 Å². The molecule has 0 bridgehead atoms. The largest absolute Gasteiger partial charge is 0.493 e. The predicted molar refractivity (Wildman–Crippen MR) is 110 cm³/mol. The second-order valence-corrected chi connectivity index (χ2v) is 6.73. The quantitative estimate of drug-likeness (QED) is 0.433. The smallest absolute Gasteiger partial charge is 0.335 e. The molecular formula is C19H14Cl2N4O4. The lowest BCUT2D eigenvalue weighted by atomic mass is 10.2. The Labute approximate surface area is 174 Å². The highest BCUT2D eigenvalue weighted by atomic mass is 35.5. The summed E-state index contributed by atoms with van der Waals surface area (Å²) >= 11 is 11.8. The van der Waals surface area contributed by atoms with Crippen molar-refractivity contribution in [2.75, 3.05) is 0 Å². The van der Waals surface area contributed by atoms with E-state index < -0.39 is 23.0 Å². The molecule has 0 radical (unpaired) electrons. The van der Waals surface area contributed by atoms with E-state index in [1.54, 1.807) is 18.2 Å². The predicted octanol–water partition coefficient (Wildman–Crippen LogP) is 2.69. The second kappa shape index (κ2) is 8.34. The first-order valence-electron chi connectivity index (χ1n) is 8.23. The van der Waals surface area contributed by atoms with Gasteiger partial charge >= 0.3 is 5.69 Å². The molecule has 2 aromatic carbocycles. The van der Waals surface area contributed by atoms with Gasteiger partial charge in [0.2, 0.25) is 5.88 Å². The van der Waals surface area contributed by atoms with Crippen molar-refractivity contribution in [2.45, 2.75) is 6.92 Å². The molecule has 3 N–H and O–H groups in total. The zero-order chi connectivity index (χ0) is 21.1. The topological polar surface area (TPSA) is 117 Å². The highest BCUT2D eigenvalue weighted by Gasteiger charge is 2.18. The summed E-state index contributed by atoms with van der Waals surface area (Å²) < 4.78 is 0.891. The molecular weight excluding hydrogens is 419 g/mol. The molecule has 1 amide bonds. The standard InChI is InChI=1S/C19H14Cl2N4O4/c1-10(23-24-16(26)13-4-2-3-5-14(13)21)15-17(27)22-19(29)25(18(15)28)12-8-6-11(20)7-9-12/h2-9,28H,1H3,(H,24,26)(H,22,27,29)/b23-10-. The monoisotopic (exact) mass is 432 g/mol. The lowest BCUT2D eigenvalue weighted by molar-refractivity contribution is 0.0955. The minimum Gasteiger partial charge on any atom is -0.493 e. The number of nitrogens with one attached hydrogen (secondary N) is 2. The molecule has 0 fully saturated rings. The average Bonchev–Trinajstić information content (AvgIpc) is 2.67. The van der Waals surface area contributed by atoms with Gasteiger partial charge in [0.1, 0.15) is 5.56 Å². The molecule has 0 aliphatic rings. The van der Waals surface area contributed by atoms with Crippen molar-refractivity contribution in [1.82, 2.24) is 15.0 Å². The number of amides is 1. The summed E-state index contributed by atoms with van der Waals surface area (Å²) in [7, 11) is 0. The zero-order valence-electron chi connectivity index (χ0n) is 14.9. The first-order chi connectivity index (χ1) is 13.8. The van der Waals surface area contributed by atoms with Gasteiger partial charge in [-0.2, -0.15) is 5.10 Å². The van der Waals surface area contributed by atoms with Crippen LogP contribution >= 0.6 is 23.2 Å². The van der Waals surface area contributed by atoms with Crippen molar-refractivity contribution < 1.29 is 9.90 Å². The van der Waals surface area contributed by atoms with Crippen molar-refractivity contribution in [2.24, 2.45) is 5.10 Å². The van der Waals surface area contributed by atoms with E-state index in [-0.39, 0.29) is 27.5 Å². The summed E-state index contributed by atoms with van der Waals surface area (Å²) in [4.78, 5) is 38.8. The van der Waals surface area contributed by atoms with Crippen LogP contribution < -0.4 is 16.7 Å². The molecule has 0 aliphatic carbocycles. The molecule has 148 valence electrons. The van der Waals surface area contributed by atoms with Crippen molar-refractivity contribution in [1.29, 1.82) is 0 Å². The number of hydrogen-bond acceptors (Lipinski definition) is 5. The maximum atomic E-state index is 12.2. The minimum atomic E-state index is -0.856. The van der Waals surface area contributed by atoms with Gasteiger partial charge in [-0.25, -0.2) is 14.8 Å². The number of aromatic amines is 1. The van der Waals surface area contributed by atoms with Crippen LogP contribution in [0.15, 0.2) is 63.2 Å². The maximum Gasteiger partial charge on any atom is 0.335 e. The molecule has 29 heavy (non-hydrogen) atoms. The summed E-state index contributed by atoms with van der Waals surface area (Å²) in [5, 5.41) is 15.1. The number of hydrogen-bond donors (Lipinski definition) is 3. The van der Waals surface area contributed by atoms with Gasteiger partial charge in [-0.15, -0.1) is 0 Å². The van der Waals surface area contributed by atoms with Gasteiger partial charge in [-0.3, -0.25) is 14.6 Å². The molecule has 3 rings (SSSR count). The number of nitrogens with zero attached hydrogens (tertiary/aromatic N) is 2. The highest BCUT2D eigenvalue weighted by molar-refractivity contribution is 6.33. The van der Waals surface area contributed by atoms with Crippen LogP contribution in [-0.4, -0.2) is 26.3 Å². The van der Waals surface area contributed by atoms with Crippen LogP contribution in [0.4, 0.5) is 0 Å². The van der Waals surface area contributed by atoms with Crippen LogP contribution in [0, 0.1) is 0 Å². The van der Waals surface area contributed by atoms with Gasteiger partial charge in [-0.05, 0) is 43.3 Å². The molecule has 0 spiro atoms. The zero-order valence-corrected chi connectivity index (χ0v) is 16.5. The molecule has 0 saturated heterocycles. The first kappa shape index (κ1) is 20.4. The number of rotatable bonds is 4. The molecule has 0 aliphatic heterocycles. The molecule has 0 saturated carbocycles. The average molecular weight is 433 g/mol. The Hall–Kier alpha value is -3.36. The van der Waals surface area contributed by atoms with Crippen molar-refractivity contribution in [3.63, 3.8) is 0 Å². The van der Waals surface area contributed by atoms with Gasteiger partial charge < -0.3 is 5.11 Å².